The molecule has 0 heterocycles. The third-order valence-corrected chi connectivity index (χ3v) is 3.62. The number of halogens is 2. The van der Waals surface area contributed by atoms with Crippen LogP contribution in [0.25, 0.3) is 0 Å². The van der Waals surface area contributed by atoms with Crippen LogP contribution in [0.5, 0.6) is 0 Å². The second-order valence-corrected chi connectivity index (χ2v) is 5.82. The first kappa shape index (κ1) is 20.0. The van der Waals surface area contributed by atoms with Crippen molar-refractivity contribution in [1.82, 2.24) is 10.6 Å². The molecule has 6 nitrogen and oxygen atoms in total. The van der Waals surface area contributed by atoms with Gasteiger partial charge >= 0.3 is 0 Å². The number of carbonyl (C=O) groups excluding carboxylic acids is 3. The quantitative estimate of drug-likeness (QED) is 0.694. The van der Waals surface area contributed by atoms with E-state index < -0.39 is 29.5 Å². The summed E-state index contributed by atoms with van der Waals surface area (Å²) in [7, 11) is 0. The van der Waals surface area contributed by atoms with Crippen molar-refractivity contribution < 1.29 is 23.2 Å². The summed E-state index contributed by atoms with van der Waals surface area (Å²) in [5.74, 6) is -3.43. The van der Waals surface area contributed by atoms with Gasteiger partial charge < -0.3 is 16.0 Å². The van der Waals surface area contributed by atoms with E-state index in [1.54, 1.807) is 24.3 Å². The monoisotopic (exact) mass is 375 g/mol. The summed E-state index contributed by atoms with van der Waals surface area (Å²) in [5.41, 5.74) is 0.836. The highest BCUT2D eigenvalue weighted by molar-refractivity contribution is 5.94. The van der Waals surface area contributed by atoms with Gasteiger partial charge in [0.2, 0.25) is 17.7 Å². The summed E-state index contributed by atoms with van der Waals surface area (Å²) in [4.78, 5) is 35.3. The Morgan fingerprint density at radius 2 is 1.67 bits per heavy atom. The summed E-state index contributed by atoms with van der Waals surface area (Å²) in [5, 5.41) is 7.47. The normalized spacial score (nSPS) is 11.4. The third-order valence-electron chi connectivity index (χ3n) is 3.62. The highest BCUT2D eigenvalue weighted by atomic mass is 19.2. The Hall–Kier alpha value is -3.29. The van der Waals surface area contributed by atoms with Gasteiger partial charge in [0.1, 0.15) is 0 Å². The number of hydrogen-bond acceptors (Lipinski definition) is 3. The molecule has 0 spiro atoms. The van der Waals surface area contributed by atoms with Crippen LogP contribution in [0, 0.1) is 11.6 Å². The molecule has 0 aliphatic heterocycles. The molecule has 0 aliphatic carbocycles. The molecule has 0 saturated heterocycles. The Morgan fingerprint density at radius 1 is 0.963 bits per heavy atom. The van der Waals surface area contributed by atoms with Gasteiger partial charge in [-0.25, -0.2) is 8.78 Å². The number of anilines is 1. The van der Waals surface area contributed by atoms with Crippen molar-refractivity contribution in [3.8, 4) is 0 Å². The first-order chi connectivity index (χ1) is 12.8. The molecular weight excluding hydrogens is 356 g/mol. The Balaban J connectivity index is 1.88. The topological polar surface area (TPSA) is 87.3 Å². The van der Waals surface area contributed by atoms with E-state index >= 15 is 0 Å². The average Bonchev–Trinajstić information content (AvgIpc) is 2.63. The molecule has 2 aromatic rings. The summed E-state index contributed by atoms with van der Waals surface area (Å²) in [6.07, 6.45) is -0.0535. The fourth-order valence-corrected chi connectivity index (χ4v) is 2.40. The maximum absolute atomic E-state index is 13.1. The van der Waals surface area contributed by atoms with Gasteiger partial charge in [-0.05, 0) is 17.7 Å². The first-order valence-corrected chi connectivity index (χ1v) is 8.19. The maximum atomic E-state index is 13.1. The molecule has 142 valence electrons. The summed E-state index contributed by atoms with van der Waals surface area (Å²) >= 11 is 0. The number of benzene rings is 2. The molecule has 0 aliphatic rings. The van der Waals surface area contributed by atoms with E-state index in [-0.39, 0.29) is 24.6 Å². The molecule has 3 N–H and O–H groups in total. The van der Waals surface area contributed by atoms with E-state index in [2.05, 4.69) is 16.0 Å². The SMILES string of the molecule is CC(=O)N[C@H](CC(=O)NCC(=O)Nc1ccc(F)c(F)c1)c1ccccc1. The molecule has 1 atom stereocenters. The van der Waals surface area contributed by atoms with E-state index in [0.29, 0.717) is 0 Å². The lowest BCUT2D eigenvalue weighted by atomic mass is 10.0. The van der Waals surface area contributed by atoms with Gasteiger partial charge in [0.25, 0.3) is 0 Å². The van der Waals surface area contributed by atoms with Crippen molar-refractivity contribution in [3.05, 3.63) is 65.7 Å². The van der Waals surface area contributed by atoms with Crippen LogP contribution < -0.4 is 16.0 Å². The Morgan fingerprint density at radius 3 is 2.30 bits per heavy atom. The minimum atomic E-state index is -1.09. The van der Waals surface area contributed by atoms with Crippen molar-refractivity contribution in [1.29, 1.82) is 0 Å². The van der Waals surface area contributed by atoms with Gasteiger partial charge in [-0.15, -0.1) is 0 Å². The van der Waals surface area contributed by atoms with Gasteiger partial charge in [0.15, 0.2) is 11.6 Å². The zero-order chi connectivity index (χ0) is 19.8. The molecule has 3 amide bonds. The van der Waals surface area contributed by atoms with Crippen molar-refractivity contribution in [2.24, 2.45) is 0 Å². The largest absolute Gasteiger partial charge is 0.349 e. The fraction of sp³-hybridized carbons (Fsp3) is 0.211. The minimum absolute atomic E-state index is 0.0535. The van der Waals surface area contributed by atoms with Crippen molar-refractivity contribution >= 4 is 23.4 Å². The number of carbonyl (C=O) groups is 3. The second kappa shape index (κ2) is 9.42. The highest BCUT2D eigenvalue weighted by Gasteiger charge is 2.17. The fourth-order valence-electron chi connectivity index (χ4n) is 2.40. The van der Waals surface area contributed by atoms with Gasteiger partial charge in [-0.2, -0.15) is 0 Å². The van der Waals surface area contributed by atoms with Crippen molar-refractivity contribution in [2.75, 3.05) is 11.9 Å². The molecule has 0 radical (unpaired) electrons. The predicted molar refractivity (Wildman–Crippen MR) is 95.6 cm³/mol. The van der Waals surface area contributed by atoms with Crippen LogP contribution in [0.2, 0.25) is 0 Å². The molecule has 0 unspecified atom stereocenters. The van der Waals surface area contributed by atoms with Crippen LogP contribution in [0.1, 0.15) is 24.9 Å². The Bertz CT molecular complexity index is 828. The second-order valence-electron chi connectivity index (χ2n) is 5.82. The van der Waals surface area contributed by atoms with Crippen molar-refractivity contribution in [2.45, 2.75) is 19.4 Å². The first-order valence-electron chi connectivity index (χ1n) is 8.19. The summed E-state index contributed by atoms with van der Waals surface area (Å²) in [6, 6.07) is 11.4. The van der Waals surface area contributed by atoms with Gasteiger partial charge in [0.05, 0.1) is 19.0 Å². The smallest absolute Gasteiger partial charge is 0.243 e. The zero-order valence-electron chi connectivity index (χ0n) is 14.6. The van der Waals surface area contributed by atoms with E-state index in [9.17, 15) is 23.2 Å². The van der Waals surface area contributed by atoms with E-state index in [1.165, 1.54) is 13.0 Å². The third kappa shape index (κ3) is 6.50. The summed E-state index contributed by atoms with van der Waals surface area (Å²) < 4.78 is 26.0. The van der Waals surface area contributed by atoms with Crippen LogP contribution in [-0.2, 0) is 14.4 Å². The van der Waals surface area contributed by atoms with Gasteiger partial charge in [-0.1, -0.05) is 30.3 Å². The standard InChI is InChI=1S/C19H19F2N3O3/c1-12(25)23-17(13-5-3-2-4-6-13)10-18(26)22-11-19(27)24-14-7-8-15(20)16(21)9-14/h2-9,17H,10-11H2,1H3,(H,22,26)(H,23,25)(H,24,27)/t17-/m1/s1. The predicted octanol–water partition coefficient (Wildman–Crippen LogP) is 2.29. The molecule has 8 heteroatoms. The minimum Gasteiger partial charge on any atom is -0.349 e. The molecule has 27 heavy (non-hydrogen) atoms. The molecule has 2 aromatic carbocycles. The maximum Gasteiger partial charge on any atom is 0.243 e. The molecule has 0 aromatic heterocycles. The van der Waals surface area contributed by atoms with E-state index in [4.69, 9.17) is 0 Å². The van der Waals surface area contributed by atoms with E-state index in [0.717, 1.165) is 17.7 Å². The van der Waals surface area contributed by atoms with Crippen LogP contribution in [0.15, 0.2) is 48.5 Å². The Labute approximate surface area is 155 Å². The van der Waals surface area contributed by atoms with Crippen molar-refractivity contribution in [3.63, 3.8) is 0 Å². The lowest BCUT2D eigenvalue weighted by Crippen LogP contribution is -2.36. The van der Waals surface area contributed by atoms with Crippen LogP contribution in [0.4, 0.5) is 14.5 Å². The number of nitrogens with one attached hydrogen (secondary N) is 3. The van der Waals surface area contributed by atoms with Gasteiger partial charge in [0, 0.05) is 18.7 Å². The number of rotatable bonds is 7. The van der Waals surface area contributed by atoms with Crippen LogP contribution in [-0.4, -0.2) is 24.3 Å². The van der Waals surface area contributed by atoms with Crippen LogP contribution >= 0.6 is 0 Å². The molecule has 0 bridgehead atoms. The number of hydrogen-bond donors (Lipinski definition) is 3. The summed E-state index contributed by atoms with van der Waals surface area (Å²) in [6.45, 7) is 1.00. The molecule has 0 saturated carbocycles. The van der Waals surface area contributed by atoms with Gasteiger partial charge in [-0.3, -0.25) is 14.4 Å². The van der Waals surface area contributed by atoms with E-state index in [1.807, 2.05) is 6.07 Å². The van der Waals surface area contributed by atoms with Crippen LogP contribution in [0.3, 0.4) is 0 Å². The average molecular weight is 375 g/mol. The molecular formula is C19H19F2N3O3. The Kier molecular flexibility index (Phi) is 6.99. The highest BCUT2D eigenvalue weighted by Crippen LogP contribution is 2.16. The molecule has 0 fully saturated rings. The zero-order valence-corrected chi connectivity index (χ0v) is 14.6. The lowest BCUT2D eigenvalue weighted by molar-refractivity contribution is -0.125. The lowest BCUT2D eigenvalue weighted by Gasteiger charge is -2.18. The number of amides is 3. The molecule has 2 rings (SSSR count).